The third-order valence-electron chi connectivity index (χ3n) is 3.12. The topological polar surface area (TPSA) is 54.5 Å². The molecule has 0 spiro atoms. The molecule has 1 heterocycles. The van der Waals surface area contributed by atoms with Gasteiger partial charge < -0.3 is 4.90 Å². The van der Waals surface area contributed by atoms with Gasteiger partial charge in [0.2, 0.25) is 5.91 Å². The van der Waals surface area contributed by atoms with Crippen molar-refractivity contribution in [1.82, 2.24) is 4.90 Å². The Morgan fingerprint density at radius 2 is 2.05 bits per heavy atom. The molecule has 8 heteroatoms. The summed E-state index contributed by atoms with van der Waals surface area (Å²) in [7, 11) is -4.57. The minimum absolute atomic E-state index is 0.0291. The minimum atomic E-state index is -4.57. The van der Waals surface area contributed by atoms with Crippen LogP contribution in [0.25, 0.3) is 0 Å². The van der Waals surface area contributed by atoms with Crippen LogP contribution in [0.5, 0.6) is 0 Å². The Morgan fingerprint density at radius 3 is 2.70 bits per heavy atom. The van der Waals surface area contributed by atoms with Crippen LogP contribution < -0.4 is 0 Å². The molecule has 1 fully saturated rings. The molecule has 1 unspecified atom stereocenters. The van der Waals surface area contributed by atoms with E-state index >= 15 is 0 Å². The van der Waals surface area contributed by atoms with E-state index in [2.05, 4.69) is 0 Å². The average molecular weight is 340 g/mol. The fourth-order valence-corrected chi connectivity index (χ4v) is 3.44. The van der Waals surface area contributed by atoms with E-state index in [0.717, 1.165) is 0 Å². The monoisotopic (exact) mass is 339 g/mol. The van der Waals surface area contributed by atoms with Crippen molar-refractivity contribution >= 4 is 39.3 Å². The molecule has 20 heavy (non-hydrogen) atoms. The predicted octanol–water partition coefficient (Wildman–Crippen LogP) is 2.64. The van der Waals surface area contributed by atoms with Crippen LogP contribution in [0.3, 0.4) is 0 Å². The molecule has 1 aliphatic heterocycles. The van der Waals surface area contributed by atoms with Crippen molar-refractivity contribution in [3.8, 4) is 0 Å². The molecule has 1 saturated heterocycles. The number of nitrogens with zero attached hydrogens (tertiary/aromatic N) is 1. The summed E-state index contributed by atoms with van der Waals surface area (Å²) in [5, 5.41) is 0.752. The lowest BCUT2D eigenvalue weighted by molar-refractivity contribution is -0.128. The lowest BCUT2D eigenvalue weighted by Gasteiger charge is -2.17. The molecule has 0 N–H and O–H groups in total. The Bertz CT molecular complexity index is 636. The van der Waals surface area contributed by atoms with E-state index in [0.29, 0.717) is 15.6 Å². The second-order valence-electron chi connectivity index (χ2n) is 4.76. The molecule has 0 bridgehead atoms. The molecule has 2 rings (SSSR count). The van der Waals surface area contributed by atoms with Gasteiger partial charge in [-0.1, -0.05) is 35.3 Å². The summed E-state index contributed by atoms with van der Waals surface area (Å²) in [5.74, 6) is -1.36. The normalized spacial score (nSPS) is 19.6. The van der Waals surface area contributed by atoms with Gasteiger partial charge in [0.15, 0.2) is 0 Å². The van der Waals surface area contributed by atoms with Crippen LogP contribution in [0.1, 0.15) is 12.0 Å². The largest absolute Gasteiger partial charge is 0.338 e. The number of likely N-dealkylation sites (tertiary alicyclic amines) is 1. The van der Waals surface area contributed by atoms with Gasteiger partial charge in [0.05, 0.1) is 15.8 Å². The zero-order valence-corrected chi connectivity index (χ0v) is 12.7. The van der Waals surface area contributed by atoms with Crippen molar-refractivity contribution in [2.24, 2.45) is 5.92 Å². The second-order valence-corrected chi connectivity index (χ2v) is 6.96. The van der Waals surface area contributed by atoms with Gasteiger partial charge in [0.1, 0.15) is 0 Å². The maximum atomic E-state index is 12.6. The number of carbonyl (C=O) groups excluding carboxylic acids is 1. The van der Waals surface area contributed by atoms with E-state index in [9.17, 15) is 17.1 Å². The van der Waals surface area contributed by atoms with Gasteiger partial charge in [-0.3, -0.25) is 4.79 Å². The van der Waals surface area contributed by atoms with Crippen molar-refractivity contribution in [2.45, 2.75) is 13.0 Å². The first-order chi connectivity index (χ1) is 9.26. The van der Waals surface area contributed by atoms with Crippen LogP contribution in [0.4, 0.5) is 3.89 Å². The second kappa shape index (κ2) is 5.87. The van der Waals surface area contributed by atoms with Crippen LogP contribution in [-0.2, 0) is 21.6 Å². The number of amides is 1. The first-order valence-electron chi connectivity index (χ1n) is 5.89. The summed E-state index contributed by atoms with van der Waals surface area (Å²) in [5.41, 5.74) is 0.677. The van der Waals surface area contributed by atoms with E-state index < -0.39 is 21.9 Å². The maximum absolute atomic E-state index is 12.6. The van der Waals surface area contributed by atoms with Gasteiger partial charge in [-0.15, -0.1) is 3.89 Å². The average Bonchev–Trinajstić information content (AvgIpc) is 2.63. The quantitative estimate of drug-likeness (QED) is 0.792. The van der Waals surface area contributed by atoms with Crippen LogP contribution in [-0.4, -0.2) is 31.5 Å². The fraction of sp³-hybridized carbons (Fsp3) is 0.417. The SMILES string of the molecule is O=C1CC(CS(=O)(=O)F)CN1Cc1cccc(Cl)c1Cl. The molecular weight excluding hydrogens is 328 g/mol. The smallest absolute Gasteiger partial charge is 0.302 e. The van der Waals surface area contributed by atoms with E-state index in [1.807, 2.05) is 0 Å². The lowest BCUT2D eigenvalue weighted by atomic mass is 10.1. The molecule has 1 amide bonds. The Labute approximate surface area is 126 Å². The number of benzene rings is 1. The number of rotatable bonds is 4. The first kappa shape index (κ1) is 15.5. The number of hydrogen-bond acceptors (Lipinski definition) is 3. The highest BCUT2D eigenvalue weighted by Crippen LogP contribution is 2.29. The zero-order chi connectivity index (χ0) is 14.9. The third kappa shape index (κ3) is 3.84. The Morgan fingerprint density at radius 1 is 1.35 bits per heavy atom. The van der Waals surface area contributed by atoms with Gasteiger partial charge in [-0.25, -0.2) is 0 Å². The highest BCUT2D eigenvalue weighted by atomic mass is 35.5. The Kier molecular flexibility index (Phi) is 4.56. The van der Waals surface area contributed by atoms with Crippen molar-refractivity contribution in [3.63, 3.8) is 0 Å². The molecule has 1 aromatic carbocycles. The van der Waals surface area contributed by atoms with Crippen LogP contribution in [0, 0.1) is 5.92 Å². The van der Waals surface area contributed by atoms with E-state index in [1.54, 1.807) is 18.2 Å². The standard InChI is InChI=1S/C12H12Cl2FNO3S/c13-10-3-1-2-9(12(10)14)6-16-5-8(4-11(16)17)7-20(15,18)19/h1-3,8H,4-7H2. The number of hydrogen-bond donors (Lipinski definition) is 0. The summed E-state index contributed by atoms with van der Waals surface area (Å²) in [6.45, 7) is 0.436. The molecule has 0 aliphatic carbocycles. The van der Waals surface area contributed by atoms with Crippen molar-refractivity contribution < 1.29 is 17.1 Å². The molecule has 0 aromatic heterocycles. The summed E-state index contributed by atoms with van der Waals surface area (Å²) in [4.78, 5) is 13.3. The molecule has 1 aromatic rings. The highest BCUT2D eigenvalue weighted by Gasteiger charge is 2.33. The zero-order valence-electron chi connectivity index (χ0n) is 10.4. The van der Waals surface area contributed by atoms with Gasteiger partial charge >= 0.3 is 10.2 Å². The van der Waals surface area contributed by atoms with E-state index in [-0.39, 0.29) is 25.4 Å². The fourth-order valence-electron chi connectivity index (χ4n) is 2.28. The van der Waals surface area contributed by atoms with Crippen molar-refractivity contribution in [1.29, 1.82) is 0 Å². The first-order valence-corrected chi connectivity index (χ1v) is 8.20. The Balaban J connectivity index is 2.07. The Hall–Kier alpha value is -0.850. The van der Waals surface area contributed by atoms with Crippen LogP contribution in [0.2, 0.25) is 10.0 Å². The maximum Gasteiger partial charge on any atom is 0.302 e. The van der Waals surface area contributed by atoms with Crippen LogP contribution >= 0.6 is 23.2 Å². The van der Waals surface area contributed by atoms with Gasteiger partial charge in [-0.05, 0) is 11.6 Å². The molecule has 4 nitrogen and oxygen atoms in total. The lowest BCUT2D eigenvalue weighted by Crippen LogP contribution is -2.25. The van der Waals surface area contributed by atoms with Crippen LogP contribution in [0.15, 0.2) is 18.2 Å². The molecule has 1 atom stereocenters. The van der Waals surface area contributed by atoms with Gasteiger partial charge in [-0.2, -0.15) is 8.42 Å². The molecule has 0 radical (unpaired) electrons. The van der Waals surface area contributed by atoms with Gasteiger partial charge in [0.25, 0.3) is 0 Å². The number of carbonyl (C=O) groups is 1. The van der Waals surface area contributed by atoms with E-state index in [4.69, 9.17) is 23.2 Å². The molecule has 110 valence electrons. The molecule has 1 aliphatic rings. The summed E-state index contributed by atoms with van der Waals surface area (Å²) in [6, 6.07) is 5.09. The molecular formula is C12H12Cl2FNO3S. The van der Waals surface area contributed by atoms with Crippen molar-refractivity contribution in [3.05, 3.63) is 33.8 Å². The summed E-state index contributed by atoms with van der Waals surface area (Å²) >= 11 is 11.9. The van der Waals surface area contributed by atoms with E-state index in [1.165, 1.54) is 4.90 Å². The number of halogens is 3. The summed E-state index contributed by atoms with van der Waals surface area (Å²) < 4.78 is 33.9. The van der Waals surface area contributed by atoms with Crippen molar-refractivity contribution in [2.75, 3.05) is 12.3 Å². The third-order valence-corrected chi connectivity index (χ3v) is 4.85. The predicted molar refractivity (Wildman–Crippen MR) is 74.9 cm³/mol. The minimum Gasteiger partial charge on any atom is -0.338 e. The van der Waals surface area contributed by atoms with Gasteiger partial charge in [0, 0.05) is 25.4 Å². The highest BCUT2D eigenvalue weighted by molar-refractivity contribution is 7.86. The molecule has 0 saturated carbocycles. The summed E-state index contributed by atoms with van der Waals surface area (Å²) in [6.07, 6.45) is 0.0291.